The van der Waals surface area contributed by atoms with Gasteiger partial charge in [-0.05, 0) is 172 Å². The van der Waals surface area contributed by atoms with Crippen LogP contribution in [0.15, 0.2) is 95.7 Å². The van der Waals surface area contributed by atoms with Gasteiger partial charge < -0.3 is 20.8 Å². The van der Waals surface area contributed by atoms with Gasteiger partial charge in [-0.3, -0.25) is 19.2 Å². The van der Waals surface area contributed by atoms with E-state index in [0.717, 1.165) is 101 Å². The zero-order valence-electron chi connectivity index (χ0n) is 42.0. The van der Waals surface area contributed by atoms with Crippen molar-refractivity contribution in [2.45, 2.75) is 154 Å². The third kappa shape index (κ3) is 10.4. The summed E-state index contributed by atoms with van der Waals surface area (Å²) in [6.07, 6.45) is 23.5. The first-order chi connectivity index (χ1) is 34.8. The maximum atomic E-state index is 13.0. The molecule has 0 bridgehead atoms. The lowest BCUT2D eigenvalue weighted by Gasteiger charge is -2.49. The van der Waals surface area contributed by atoms with Gasteiger partial charge in [-0.25, -0.2) is 10.9 Å². The number of hydrogen-bond donors (Lipinski definition) is 6. The number of carbonyl (C=O) groups is 4. The maximum Gasteiger partial charge on any atom is 0.305 e. The second kappa shape index (κ2) is 21.0. The van der Waals surface area contributed by atoms with Crippen molar-refractivity contribution in [1.29, 1.82) is 0 Å². The molecule has 0 radical (unpaired) electrons. The third-order valence-electron chi connectivity index (χ3n) is 18.1. The van der Waals surface area contributed by atoms with Crippen LogP contribution in [0.3, 0.4) is 0 Å². The molecule has 0 unspecified atom stereocenters. The summed E-state index contributed by atoms with van der Waals surface area (Å²) >= 11 is 0. The Morgan fingerprint density at radius 2 is 0.958 bits per heavy atom. The molecular weight excluding hydrogens is 905 g/mol. The molecule has 0 aliphatic heterocycles. The molecule has 2 aromatic carbocycles. The molecule has 6 N–H and O–H groups in total. The van der Waals surface area contributed by atoms with Crippen LogP contribution < -0.4 is 30.6 Å². The minimum Gasteiger partial charge on any atom is -0.508 e. The number of phenols is 2. The van der Waals surface area contributed by atoms with Crippen molar-refractivity contribution in [3.05, 3.63) is 108 Å². The number of anilines is 2. The third-order valence-corrected chi connectivity index (χ3v) is 18.1. The number of benzene rings is 2. The smallest absolute Gasteiger partial charge is 0.305 e. The number of hydrazone groups is 2. The Morgan fingerprint density at radius 1 is 0.542 bits per heavy atom. The van der Waals surface area contributed by atoms with Gasteiger partial charge in [0.2, 0.25) is 24.9 Å². The fourth-order valence-corrected chi connectivity index (χ4v) is 14.4. The number of pyridine rings is 2. The highest BCUT2D eigenvalue weighted by Crippen LogP contribution is 2.61. The topological polar surface area (TPSA) is 189 Å². The Balaban J connectivity index is 0.585. The van der Waals surface area contributed by atoms with Gasteiger partial charge in [0, 0.05) is 59.4 Å². The van der Waals surface area contributed by atoms with Crippen LogP contribution in [0.25, 0.3) is 0 Å². The van der Waals surface area contributed by atoms with Crippen molar-refractivity contribution in [2.75, 3.05) is 10.6 Å². The zero-order chi connectivity index (χ0) is 50.0. The van der Waals surface area contributed by atoms with Crippen LogP contribution in [0.2, 0.25) is 0 Å². The van der Waals surface area contributed by atoms with Gasteiger partial charge in [-0.2, -0.15) is 19.3 Å². The van der Waals surface area contributed by atoms with Crippen LogP contribution in [0, 0.1) is 34.5 Å². The molecule has 72 heavy (non-hydrogen) atoms. The summed E-state index contributed by atoms with van der Waals surface area (Å²) in [5, 5.41) is 35.4. The molecule has 4 saturated carbocycles. The average molecular weight is 977 g/mol. The van der Waals surface area contributed by atoms with Crippen LogP contribution in [0.5, 0.6) is 11.5 Å². The van der Waals surface area contributed by atoms with Crippen LogP contribution in [-0.2, 0) is 45.1 Å². The molecule has 6 aliphatic carbocycles. The van der Waals surface area contributed by atoms with Crippen LogP contribution in [0.4, 0.5) is 11.4 Å². The molecule has 0 spiro atoms. The van der Waals surface area contributed by atoms with E-state index in [1.165, 1.54) is 22.3 Å². The summed E-state index contributed by atoms with van der Waals surface area (Å²) in [5.74, 6) is 3.51. The monoisotopic (exact) mass is 977 g/mol. The largest absolute Gasteiger partial charge is 0.508 e. The summed E-state index contributed by atoms with van der Waals surface area (Å²) in [5.41, 5.74) is 14.6. The second-order valence-corrected chi connectivity index (χ2v) is 22.3. The Labute approximate surface area is 423 Å². The first-order valence-electron chi connectivity index (χ1n) is 26.8. The zero-order valence-corrected chi connectivity index (χ0v) is 42.0. The van der Waals surface area contributed by atoms with E-state index in [0.29, 0.717) is 84.1 Å². The van der Waals surface area contributed by atoms with Gasteiger partial charge in [0.1, 0.15) is 11.5 Å². The molecule has 14 heteroatoms. The molecule has 4 fully saturated rings. The predicted molar refractivity (Wildman–Crippen MR) is 275 cm³/mol. The van der Waals surface area contributed by atoms with Crippen molar-refractivity contribution in [2.24, 2.45) is 44.7 Å². The molecular formula is C58H72N8O6+2. The molecule has 4 aromatic rings. The van der Waals surface area contributed by atoms with Gasteiger partial charge in [-0.1, -0.05) is 38.8 Å². The lowest BCUT2D eigenvalue weighted by atomic mass is 9.55. The van der Waals surface area contributed by atoms with Crippen molar-refractivity contribution >= 4 is 46.4 Å². The standard InChI is InChI=1S/C58H70N8O6/c1-57-27-21-45-43-15-11-41(67)33-37(43)9-13-47(45)49(57)17-19-51(57)61-63-55(71)35-65-29-23-39(24-30-65)59-53(69)7-5-3-4-6-8-54(70)60-40-25-31-66(32-26-40)36-56(72)64-62-52-20-18-50-48-14-10-38-34-42(68)12-16-44(38)46(48)22-28-58(50,52)2/h11-12,15-16,23-26,29-34,45-50H,3-10,13-14,17-22,27-28,35-36H2,1-2H3,(H4,63,64,67,68,71,72)/p+2/b61-51+,62-52+/t45-,46-,47-,48-,49+,50+,57+,58+/m1/s1. The quantitative estimate of drug-likeness (QED) is 0.0393. The van der Waals surface area contributed by atoms with E-state index < -0.39 is 0 Å². The molecule has 14 nitrogen and oxygen atoms in total. The van der Waals surface area contributed by atoms with Crippen LogP contribution in [0.1, 0.15) is 151 Å². The SMILES string of the molecule is C[C@]12CC[C@@H]3c4ccc(O)cc4CC[C@H]3[C@@H]1CC/C2=N\NC(=O)C[n+]1ccc(NC(=O)CCCCCCC(=O)Nc2cc[n+](CC(=O)N/N=C3\CC[C@H]4[C@@H]5CCc6cc(O)ccc6[C@H]5CC[C@]34C)cc2)cc1. The van der Waals surface area contributed by atoms with E-state index in [1.807, 2.05) is 24.3 Å². The van der Waals surface area contributed by atoms with Crippen molar-refractivity contribution < 1.29 is 38.5 Å². The number of aromatic nitrogens is 2. The molecule has 378 valence electrons. The summed E-state index contributed by atoms with van der Waals surface area (Å²) in [6.45, 7) is 4.91. The normalized spacial score (nSPS) is 27.9. The minimum atomic E-state index is -0.188. The molecule has 6 aliphatic rings. The van der Waals surface area contributed by atoms with Gasteiger partial charge in [-0.15, -0.1) is 0 Å². The minimum absolute atomic E-state index is 0.0131. The average Bonchev–Trinajstić information content (AvgIpc) is 3.90. The molecule has 10 rings (SSSR count). The predicted octanol–water partition coefficient (Wildman–Crippen LogP) is 8.65. The van der Waals surface area contributed by atoms with Gasteiger partial charge in [0.25, 0.3) is 0 Å². The Kier molecular flexibility index (Phi) is 14.3. The summed E-state index contributed by atoms with van der Waals surface area (Å²) in [6, 6.07) is 19.0. The Morgan fingerprint density at radius 3 is 1.38 bits per heavy atom. The van der Waals surface area contributed by atoms with E-state index in [1.54, 1.807) is 58.2 Å². The Bertz CT molecular complexity index is 2570. The first kappa shape index (κ1) is 49.2. The van der Waals surface area contributed by atoms with Crippen molar-refractivity contribution in [1.82, 2.24) is 10.9 Å². The number of aromatic hydroxyl groups is 2. The first-order valence-corrected chi connectivity index (χ1v) is 26.8. The highest BCUT2D eigenvalue weighted by Gasteiger charge is 2.55. The number of aryl methyl sites for hydroxylation is 2. The van der Waals surface area contributed by atoms with Crippen molar-refractivity contribution in [3.63, 3.8) is 0 Å². The molecule has 0 saturated heterocycles. The van der Waals surface area contributed by atoms with E-state index in [4.69, 9.17) is 10.2 Å². The number of nitrogens with one attached hydrogen (secondary N) is 4. The number of unbranched alkanes of at least 4 members (excludes halogenated alkanes) is 3. The Hall–Kier alpha value is -6.44. The van der Waals surface area contributed by atoms with E-state index in [2.05, 4.69) is 47.5 Å². The molecule has 8 atom stereocenters. The van der Waals surface area contributed by atoms with E-state index in [9.17, 15) is 29.4 Å². The number of rotatable bonds is 15. The van der Waals surface area contributed by atoms with Crippen LogP contribution >= 0.6 is 0 Å². The van der Waals surface area contributed by atoms with Crippen molar-refractivity contribution in [3.8, 4) is 11.5 Å². The maximum absolute atomic E-state index is 13.0. The number of hydrogen-bond acceptors (Lipinski definition) is 8. The molecule has 2 aromatic heterocycles. The second-order valence-electron chi connectivity index (χ2n) is 22.3. The highest BCUT2D eigenvalue weighted by atomic mass is 16.3. The number of fused-ring (bicyclic) bond motifs is 10. The number of nitrogens with zero attached hydrogens (tertiary/aromatic N) is 4. The van der Waals surface area contributed by atoms with Gasteiger partial charge in [0.05, 0.1) is 11.4 Å². The summed E-state index contributed by atoms with van der Waals surface area (Å²) in [4.78, 5) is 51.4. The lowest BCUT2D eigenvalue weighted by molar-refractivity contribution is -0.684. The summed E-state index contributed by atoms with van der Waals surface area (Å²) < 4.78 is 3.55. The number of carbonyl (C=O) groups excluding carboxylic acids is 4. The van der Waals surface area contributed by atoms with Gasteiger partial charge in [0.15, 0.2) is 24.8 Å². The molecule has 2 heterocycles. The van der Waals surface area contributed by atoms with Gasteiger partial charge >= 0.3 is 11.8 Å². The summed E-state index contributed by atoms with van der Waals surface area (Å²) in [7, 11) is 0. The fraction of sp³-hybridized carbons (Fsp3) is 0.517. The number of phenolic OH excluding ortho intramolecular Hbond substituents is 2. The molecule has 4 amide bonds. The van der Waals surface area contributed by atoms with E-state index >= 15 is 0 Å². The fourth-order valence-electron chi connectivity index (χ4n) is 14.4. The van der Waals surface area contributed by atoms with E-state index in [-0.39, 0.29) is 47.5 Å². The van der Waals surface area contributed by atoms with Crippen LogP contribution in [-0.4, -0.2) is 45.3 Å². The lowest BCUT2D eigenvalue weighted by Crippen LogP contribution is -2.44. The highest BCUT2D eigenvalue weighted by molar-refractivity contribution is 5.94. The number of amides is 4.